The standard InChI is InChI=1S/C14H21NO2/c1-2-11-4-3-5-13(8-11)17-10-14(15,9-16)12-6-7-12/h3-5,8,12,16H,2,6-7,9-10,15H2,1H3. The first-order valence-electron chi connectivity index (χ1n) is 6.29. The van der Waals surface area contributed by atoms with E-state index in [0.717, 1.165) is 25.0 Å². The van der Waals surface area contributed by atoms with Crippen LogP contribution in [0.15, 0.2) is 24.3 Å². The number of rotatable bonds is 6. The second-order valence-corrected chi connectivity index (χ2v) is 4.96. The molecule has 1 fully saturated rings. The largest absolute Gasteiger partial charge is 0.492 e. The van der Waals surface area contributed by atoms with E-state index < -0.39 is 5.54 Å². The zero-order valence-electron chi connectivity index (χ0n) is 10.4. The second kappa shape index (κ2) is 5.07. The molecule has 0 amide bonds. The topological polar surface area (TPSA) is 55.5 Å². The van der Waals surface area contributed by atoms with E-state index in [1.807, 2.05) is 18.2 Å². The van der Waals surface area contributed by atoms with Gasteiger partial charge in [0.1, 0.15) is 12.4 Å². The van der Waals surface area contributed by atoms with Crippen molar-refractivity contribution < 1.29 is 9.84 Å². The van der Waals surface area contributed by atoms with Crippen molar-refractivity contribution >= 4 is 0 Å². The fourth-order valence-electron chi connectivity index (χ4n) is 2.02. The molecular formula is C14H21NO2. The van der Waals surface area contributed by atoms with E-state index in [1.54, 1.807) is 0 Å². The zero-order chi connectivity index (χ0) is 12.3. The quantitative estimate of drug-likeness (QED) is 0.789. The van der Waals surface area contributed by atoms with Crippen molar-refractivity contribution in [2.75, 3.05) is 13.2 Å². The van der Waals surface area contributed by atoms with E-state index in [0.29, 0.717) is 12.5 Å². The molecule has 2 rings (SSSR count). The first-order valence-corrected chi connectivity index (χ1v) is 6.29. The van der Waals surface area contributed by atoms with Gasteiger partial charge < -0.3 is 15.6 Å². The monoisotopic (exact) mass is 235 g/mol. The summed E-state index contributed by atoms with van der Waals surface area (Å²) in [5, 5.41) is 9.37. The second-order valence-electron chi connectivity index (χ2n) is 4.96. The van der Waals surface area contributed by atoms with Crippen LogP contribution in [0.2, 0.25) is 0 Å². The third kappa shape index (κ3) is 2.99. The molecule has 0 heterocycles. The number of aliphatic hydroxyl groups excluding tert-OH is 1. The molecule has 0 aromatic heterocycles. The summed E-state index contributed by atoms with van der Waals surface area (Å²) in [5.74, 6) is 1.26. The summed E-state index contributed by atoms with van der Waals surface area (Å²) in [5.41, 5.74) is 6.83. The lowest BCUT2D eigenvalue weighted by Gasteiger charge is -2.27. The smallest absolute Gasteiger partial charge is 0.119 e. The molecule has 0 spiro atoms. The highest BCUT2D eigenvalue weighted by Gasteiger charge is 2.42. The molecule has 3 N–H and O–H groups in total. The minimum Gasteiger partial charge on any atom is -0.492 e. The highest BCUT2D eigenvalue weighted by atomic mass is 16.5. The van der Waals surface area contributed by atoms with Crippen LogP contribution in [0.4, 0.5) is 0 Å². The SMILES string of the molecule is CCc1cccc(OCC(N)(CO)C2CC2)c1. The van der Waals surface area contributed by atoms with Gasteiger partial charge in [-0.1, -0.05) is 19.1 Å². The van der Waals surface area contributed by atoms with Crippen molar-refractivity contribution in [3.05, 3.63) is 29.8 Å². The van der Waals surface area contributed by atoms with E-state index in [-0.39, 0.29) is 6.61 Å². The fraction of sp³-hybridized carbons (Fsp3) is 0.571. The molecule has 1 unspecified atom stereocenters. The van der Waals surface area contributed by atoms with Gasteiger partial charge in [0.25, 0.3) is 0 Å². The van der Waals surface area contributed by atoms with E-state index >= 15 is 0 Å². The van der Waals surface area contributed by atoms with E-state index in [4.69, 9.17) is 10.5 Å². The first kappa shape index (κ1) is 12.4. The molecule has 1 aliphatic rings. The molecule has 17 heavy (non-hydrogen) atoms. The van der Waals surface area contributed by atoms with Crippen LogP contribution in [0.3, 0.4) is 0 Å². The van der Waals surface area contributed by atoms with Crippen LogP contribution < -0.4 is 10.5 Å². The lowest BCUT2D eigenvalue weighted by molar-refractivity contribution is 0.117. The Hall–Kier alpha value is -1.06. The van der Waals surface area contributed by atoms with Gasteiger partial charge in [-0.2, -0.15) is 0 Å². The number of nitrogens with two attached hydrogens (primary N) is 1. The van der Waals surface area contributed by atoms with Crippen LogP contribution in [-0.2, 0) is 6.42 Å². The van der Waals surface area contributed by atoms with Crippen molar-refractivity contribution in [2.45, 2.75) is 31.7 Å². The Kier molecular flexibility index (Phi) is 3.69. The van der Waals surface area contributed by atoms with Crippen LogP contribution in [0.1, 0.15) is 25.3 Å². The predicted molar refractivity (Wildman–Crippen MR) is 68.0 cm³/mol. The van der Waals surface area contributed by atoms with Crippen molar-refractivity contribution in [3.8, 4) is 5.75 Å². The molecule has 94 valence electrons. The van der Waals surface area contributed by atoms with E-state index in [9.17, 15) is 5.11 Å². The van der Waals surface area contributed by atoms with Gasteiger partial charge in [0, 0.05) is 0 Å². The van der Waals surface area contributed by atoms with E-state index in [2.05, 4.69) is 13.0 Å². The minimum absolute atomic E-state index is 0.00879. The third-order valence-electron chi connectivity index (χ3n) is 3.50. The molecule has 0 aliphatic heterocycles. The van der Waals surface area contributed by atoms with Crippen LogP contribution in [-0.4, -0.2) is 23.9 Å². The molecule has 1 aromatic rings. The van der Waals surface area contributed by atoms with Gasteiger partial charge >= 0.3 is 0 Å². The molecule has 1 aliphatic carbocycles. The van der Waals surface area contributed by atoms with Crippen molar-refractivity contribution in [1.82, 2.24) is 0 Å². The summed E-state index contributed by atoms with van der Waals surface area (Å²) < 4.78 is 5.72. The normalized spacial score (nSPS) is 18.8. The van der Waals surface area contributed by atoms with Gasteiger partial charge in [-0.15, -0.1) is 0 Å². The maximum Gasteiger partial charge on any atom is 0.119 e. The number of aliphatic hydroxyl groups is 1. The Morgan fingerprint density at radius 2 is 2.24 bits per heavy atom. The maximum absolute atomic E-state index is 9.37. The Balaban J connectivity index is 1.96. The Morgan fingerprint density at radius 1 is 1.47 bits per heavy atom. The Bertz CT molecular complexity index is 376. The average molecular weight is 235 g/mol. The number of benzene rings is 1. The lowest BCUT2D eigenvalue weighted by Crippen LogP contribution is -2.51. The molecule has 3 heteroatoms. The molecule has 3 nitrogen and oxygen atoms in total. The summed E-state index contributed by atoms with van der Waals surface area (Å²) >= 11 is 0. The Morgan fingerprint density at radius 3 is 2.82 bits per heavy atom. The predicted octanol–water partition coefficient (Wildman–Crippen LogP) is 1.73. The molecule has 1 aromatic carbocycles. The van der Waals surface area contributed by atoms with Gasteiger partial charge in [-0.25, -0.2) is 0 Å². The first-order chi connectivity index (χ1) is 8.18. The summed E-state index contributed by atoms with van der Waals surface area (Å²) in [6.07, 6.45) is 3.21. The number of ether oxygens (including phenoxy) is 1. The summed E-state index contributed by atoms with van der Waals surface area (Å²) in [7, 11) is 0. The van der Waals surface area contributed by atoms with Gasteiger partial charge in [0.15, 0.2) is 0 Å². The summed E-state index contributed by atoms with van der Waals surface area (Å²) in [4.78, 5) is 0. The van der Waals surface area contributed by atoms with Gasteiger partial charge in [0.2, 0.25) is 0 Å². The third-order valence-corrected chi connectivity index (χ3v) is 3.50. The van der Waals surface area contributed by atoms with Crippen LogP contribution in [0, 0.1) is 5.92 Å². The molecule has 1 saturated carbocycles. The molecule has 1 atom stereocenters. The average Bonchev–Trinajstić information content (AvgIpc) is 3.21. The number of hydrogen-bond donors (Lipinski definition) is 2. The van der Waals surface area contributed by atoms with Crippen molar-refractivity contribution in [1.29, 1.82) is 0 Å². The van der Waals surface area contributed by atoms with Gasteiger partial charge in [-0.05, 0) is 42.9 Å². The minimum atomic E-state index is -0.567. The highest BCUT2D eigenvalue weighted by Crippen LogP contribution is 2.38. The molecule has 0 saturated heterocycles. The lowest BCUT2D eigenvalue weighted by atomic mass is 9.97. The van der Waals surface area contributed by atoms with Crippen LogP contribution in [0.5, 0.6) is 5.75 Å². The molecule has 0 bridgehead atoms. The summed E-state index contributed by atoms with van der Waals surface area (Å²) in [6, 6.07) is 8.03. The fourth-order valence-corrected chi connectivity index (χ4v) is 2.02. The van der Waals surface area contributed by atoms with Crippen molar-refractivity contribution in [2.24, 2.45) is 11.7 Å². The van der Waals surface area contributed by atoms with Gasteiger partial charge in [0.05, 0.1) is 12.1 Å². The number of aryl methyl sites for hydroxylation is 1. The Labute approximate surface area is 103 Å². The van der Waals surface area contributed by atoms with E-state index in [1.165, 1.54) is 5.56 Å². The maximum atomic E-state index is 9.37. The number of hydrogen-bond acceptors (Lipinski definition) is 3. The van der Waals surface area contributed by atoms with Crippen LogP contribution >= 0.6 is 0 Å². The molecule has 0 radical (unpaired) electrons. The van der Waals surface area contributed by atoms with Crippen molar-refractivity contribution in [3.63, 3.8) is 0 Å². The van der Waals surface area contributed by atoms with Gasteiger partial charge in [-0.3, -0.25) is 0 Å². The highest BCUT2D eigenvalue weighted by molar-refractivity contribution is 5.28. The molecular weight excluding hydrogens is 214 g/mol. The summed E-state index contributed by atoms with van der Waals surface area (Å²) in [6.45, 7) is 2.50. The van der Waals surface area contributed by atoms with Crippen LogP contribution in [0.25, 0.3) is 0 Å². The zero-order valence-corrected chi connectivity index (χ0v) is 10.4.